The zero-order valence-electron chi connectivity index (χ0n) is 13.4. The highest BCUT2D eigenvalue weighted by Gasteiger charge is 2.10. The Morgan fingerprint density at radius 1 is 1.36 bits per heavy atom. The van der Waals surface area contributed by atoms with Gasteiger partial charge in [-0.2, -0.15) is 9.97 Å². The van der Waals surface area contributed by atoms with Crippen LogP contribution in [0.2, 0.25) is 0 Å². The molecular formula is C15H16N6O3S. The molecule has 0 unspecified atom stereocenters. The molecule has 0 aliphatic rings. The maximum absolute atomic E-state index is 11.8. The Hall–Kier alpha value is -3.01. The Balaban J connectivity index is 1.40. The van der Waals surface area contributed by atoms with Crippen LogP contribution in [0.4, 0.5) is 5.95 Å². The normalized spacial score (nSPS) is 10.4. The van der Waals surface area contributed by atoms with Crippen LogP contribution >= 0.6 is 11.3 Å². The quantitative estimate of drug-likeness (QED) is 0.587. The second-order valence-corrected chi connectivity index (χ2v) is 5.89. The van der Waals surface area contributed by atoms with Gasteiger partial charge in [0, 0.05) is 25.1 Å². The molecule has 9 nitrogen and oxygen atoms in total. The average Bonchev–Trinajstić information content (AvgIpc) is 3.31. The lowest BCUT2D eigenvalue weighted by molar-refractivity contribution is -0.120. The van der Waals surface area contributed by atoms with Gasteiger partial charge in [0.1, 0.15) is 0 Å². The molecule has 130 valence electrons. The topological polar surface area (TPSA) is 115 Å². The van der Waals surface area contributed by atoms with E-state index in [4.69, 9.17) is 9.26 Å². The lowest BCUT2D eigenvalue weighted by atomic mass is 10.2. The largest absolute Gasteiger partial charge is 0.481 e. The average molecular weight is 360 g/mol. The first kappa shape index (κ1) is 16.8. The molecule has 25 heavy (non-hydrogen) atoms. The van der Waals surface area contributed by atoms with E-state index in [1.54, 1.807) is 17.4 Å². The molecule has 0 spiro atoms. The number of carbonyl (C=O) groups is 1. The number of anilines is 1. The number of hydrogen-bond acceptors (Lipinski definition) is 9. The maximum Gasteiger partial charge on any atom is 0.245 e. The Labute approximate surface area is 147 Å². The molecule has 3 aromatic heterocycles. The monoisotopic (exact) mass is 360 g/mol. The number of thiophene rings is 1. The third kappa shape index (κ3) is 4.73. The number of methoxy groups -OCH3 is 1. The number of nitrogens with one attached hydrogen (secondary N) is 2. The van der Waals surface area contributed by atoms with E-state index in [1.807, 2.05) is 17.5 Å². The van der Waals surface area contributed by atoms with Gasteiger partial charge in [-0.1, -0.05) is 11.2 Å². The van der Waals surface area contributed by atoms with Crippen LogP contribution in [0.3, 0.4) is 0 Å². The summed E-state index contributed by atoms with van der Waals surface area (Å²) < 4.78 is 10.2. The fraction of sp³-hybridized carbons (Fsp3) is 0.267. The predicted octanol–water partition coefficient (Wildman–Crippen LogP) is 2.06. The first-order valence-electron chi connectivity index (χ1n) is 7.53. The van der Waals surface area contributed by atoms with Crippen molar-refractivity contribution >= 4 is 23.2 Å². The van der Waals surface area contributed by atoms with E-state index in [0.717, 1.165) is 4.88 Å². The van der Waals surface area contributed by atoms with Gasteiger partial charge in [-0.25, -0.2) is 4.98 Å². The molecule has 1 amide bonds. The van der Waals surface area contributed by atoms with Gasteiger partial charge in [0.15, 0.2) is 0 Å². The van der Waals surface area contributed by atoms with Crippen molar-refractivity contribution in [3.8, 4) is 16.6 Å². The van der Waals surface area contributed by atoms with Gasteiger partial charge < -0.3 is 9.26 Å². The fourth-order valence-corrected chi connectivity index (χ4v) is 2.62. The van der Waals surface area contributed by atoms with E-state index < -0.39 is 0 Å². The van der Waals surface area contributed by atoms with Gasteiger partial charge in [0.25, 0.3) is 0 Å². The van der Waals surface area contributed by atoms with Crippen molar-refractivity contribution in [3.05, 3.63) is 35.7 Å². The van der Waals surface area contributed by atoms with Crippen molar-refractivity contribution in [2.75, 3.05) is 12.5 Å². The summed E-state index contributed by atoms with van der Waals surface area (Å²) in [7, 11) is 1.51. The smallest absolute Gasteiger partial charge is 0.245 e. The molecule has 0 saturated heterocycles. The molecule has 0 bridgehead atoms. The molecule has 0 saturated carbocycles. The summed E-state index contributed by atoms with van der Waals surface area (Å²) in [6.45, 7) is 0. The second-order valence-electron chi connectivity index (χ2n) is 4.94. The van der Waals surface area contributed by atoms with Crippen LogP contribution in [0.5, 0.6) is 5.88 Å². The number of carbonyl (C=O) groups excluding carboxylic acids is 1. The van der Waals surface area contributed by atoms with Gasteiger partial charge in [0.05, 0.1) is 12.0 Å². The van der Waals surface area contributed by atoms with E-state index in [0.29, 0.717) is 36.9 Å². The Kier molecular flexibility index (Phi) is 5.52. The molecule has 0 aliphatic carbocycles. The van der Waals surface area contributed by atoms with Crippen LogP contribution in [0.1, 0.15) is 18.7 Å². The zero-order valence-corrected chi connectivity index (χ0v) is 14.2. The van der Waals surface area contributed by atoms with Crippen molar-refractivity contribution in [2.24, 2.45) is 0 Å². The van der Waals surface area contributed by atoms with E-state index >= 15 is 0 Å². The van der Waals surface area contributed by atoms with Crippen molar-refractivity contribution < 1.29 is 14.1 Å². The summed E-state index contributed by atoms with van der Waals surface area (Å²) in [5.41, 5.74) is 5.17. The first-order chi connectivity index (χ1) is 12.2. The highest BCUT2D eigenvalue weighted by molar-refractivity contribution is 7.13. The Bertz CT molecular complexity index is 820. The minimum atomic E-state index is -0.190. The summed E-state index contributed by atoms with van der Waals surface area (Å²) in [5, 5.41) is 5.88. The number of hydrazine groups is 1. The van der Waals surface area contributed by atoms with Gasteiger partial charge in [-0.05, 0) is 17.9 Å². The highest BCUT2D eigenvalue weighted by atomic mass is 32.1. The fourth-order valence-electron chi connectivity index (χ4n) is 1.97. The van der Waals surface area contributed by atoms with Gasteiger partial charge in [0.2, 0.25) is 29.5 Å². The van der Waals surface area contributed by atoms with Crippen molar-refractivity contribution in [2.45, 2.75) is 19.3 Å². The summed E-state index contributed by atoms with van der Waals surface area (Å²) in [6, 6.07) is 5.47. The van der Waals surface area contributed by atoms with Crippen LogP contribution in [0, 0.1) is 0 Å². The molecule has 0 fully saturated rings. The van der Waals surface area contributed by atoms with E-state index in [9.17, 15) is 4.79 Å². The number of amides is 1. The van der Waals surface area contributed by atoms with Crippen LogP contribution in [-0.2, 0) is 11.2 Å². The molecule has 0 aliphatic heterocycles. The number of aromatic nitrogens is 4. The molecule has 2 N–H and O–H groups in total. The van der Waals surface area contributed by atoms with Crippen LogP contribution < -0.4 is 15.6 Å². The molecule has 3 rings (SSSR count). The SMILES string of the molecule is COc1ccnc(NNC(=O)CCCc2nc(-c3cccs3)no2)n1. The molecule has 3 aromatic rings. The Morgan fingerprint density at radius 2 is 2.28 bits per heavy atom. The van der Waals surface area contributed by atoms with Crippen LogP contribution in [0.25, 0.3) is 10.7 Å². The van der Waals surface area contributed by atoms with Gasteiger partial charge in [-0.3, -0.25) is 15.6 Å². The summed E-state index contributed by atoms with van der Waals surface area (Å²) in [4.78, 5) is 25.1. The number of ether oxygens (including phenoxy) is 1. The van der Waals surface area contributed by atoms with Crippen molar-refractivity contribution in [1.82, 2.24) is 25.5 Å². The third-order valence-electron chi connectivity index (χ3n) is 3.16. The van der Waals surface area contributed by atoms with Gasteiger partial charge >= 0.3 is 0 Å². The van der Waals surface area contributed by atoms with E-state index in [2.05, 4.69) is 31.0 Å². The molecular weight excluding hydrogens is 344 g/mol. The summed E-state index contributed by atoms with van der Waals surface area (Å²) in [5.74, 6) is 1.56. The third-order valence-corrected chi connectivity index (χ3v) is 4.02. The molecule has 0 atom stereocenters. The van der Waals surface area contributed by atoms with Crippen LogP contribution in [-0.4, -0.2) is 33.1 Å². The Morgan fingerprint density at radius 3 is 3.08 bits per heavy atom. The maximum atomic E-state index is 11.8. The minimum absolute atomic E-state index is 0.190. The molecule has 0 radical (unpaired) electrons. The second kappa shape index (κ2) is 8.20. The van der Waals surface area contributed by atoms with Crippen molar-refractivity contribution in [3.63, 3.8) is 0 Å². The number of aryl methyl sites for hydroxylation is 1. The summed E-state index contributed by atoms with van der Waals surface area (Å²) >= 11 is 1.55. The lowest BCUT2D eigenvalue weighted by Gasteiger charge is -2.07. The van der Waals surface area contributed by atoms with Gasteiger partial charge in [-0.15, -0.1) is 11.3 Å². The number of hydrogen-bond donors (Lipinski definition) is 2. The number of nitrogens with zero attached hydrogens (tertiary/aromatic N) is 4. The van der Waals surface area contributed by atoms with Crippen molar-refractivity contribution in [1.29, 1.82) is 0 Å². The highest BCUT2D eigenvalue weighted by Crippen LogP contribution is 2.21. The first-order valence-corrected chi connectivity index (χ1v) is 8.41. The minimum Gasteiger partial charge on any atom is -0.481 e. The molecule has 0 aromatic carbocycles. The number of rotatable bonds is 8. The van der Waals surface area contributed by atoms with E-state index in [-0.39, 0.29) is 11.9 Å². The molecule has 3 heterocycles. The predicted molar refractivity (Wildman–Crippen MR) is 90.9 cm³/mol. The summed E-state index contributed by atoms with van der Waals surface area (Å²) in [6.07, 6.45) is 2.94. The zero-order chi connectivity index (χ0) is 17.5. The van der Waals surface area contributed by atoms with Crippen LogP contribution in [0.15, 0.2) is 34.3 Å². The molecule has 10 heteroatoms. The van der Waals surface area contributed by atoms with E-state index in [1.165, 1.54) is 13.3 Å². The lowest BCUT2D eigenvalue weighted by Crippen LogP contribution is -2.30. The standard InChI is InChI=1S/C15H16N6O3S/c1-23-12-7-8-16-15(18-12)20-19-11(22)5-2-6-13-17-14(21-24-13)10-4-3-9-25-10/h3-4,7-9H,2,5-6H2,1H3,(H,19,22)(H,16,18,20).